The maximum atomic E-state index is 13.4. The van der Waals surface area contributed by atoms with Gasteiger partial charge in [0.2, 0.25) is 0 Å². The molecule has 1 aromatic carbocycles. The molecular weight excluding hydrogens is 289 g/mol. The first kappa shape index (κ1) is 16.3. The number of carboxylic acid groups (broad SMARTS) is 1. The molecule has 5 nitrogen and oxygen atoms in total. The summed E-state index contributed by atoms with van der Waals surface area (Å²) in [5, 5.41) is 12.1. The minimum absolute atomic E-state index is 0.0795. The van der Waals surface area contributed by atoms with Crippen LogP contribution >= 0.6 is 0 Å². The Morgan fingerprint density at radius 3 is 2.68 bits per heavy atom. The molecule has 1 fully saturated rings. The van der Waals surface area contributed by atoms with E-state index in [-0.39, 0.29) is 11.3 Å². The number of hydrogen-bond donors (Lipinski definition) is 2. The zero-order chi connectivity index (χ0) is 16.1. The SMILES string of the molecule is COc1ccc(F)cc1C(=O)N[C@H]1CCCCC[C@H]1C(=O)O. The molecule has 0 spiro atoms. The molecule has 1 aliphatic carbocycles. The fraction of sp³-hybridized carbons (Fsp3) is 0.500. The lowest BCUT2D eigenvalue weighted by molar-refractivity contribution is -0.142. The molecule has 0 saturated heterocycles. The van der Waals surface area contributed by atoms with Crippen molar-refractivity contribution in [3.8, 4) is 5.75 Å². The third-order valence-electron chi connectivity index (χ3n) is 4.06. The highest BCUT2D eigenvalue weighted by molar-refractivity contribution is 5.97. The van der Waals surface area contributed by atoms with Crippen LogP contribution in [0.5, 0.6) is 5.75 Å². The summed E-state index contributed by atoms with van der Waals surface area (Å²) in [7, 11) is 1.40. The van der Waals surface area contributed by atoms with E-state index in [4.69, 9.17) is 4.74 Å². The van der Waals surface area contributed by atoms with Crippen LogP contribution in [0.4, 0.5) is 4.39 Å². The van der Waals surface area contributed by atoms with Crippen molar-refractivity contribution in [1.82, 2.24) is 5.32 Å². The van der Waals surface area contributed by atoms with Crippen LogP contribution < -0.4 is 10.1 Å². The molecule has 0 unspecified atom stereocenters. The Kier molecular flexibility index (Phi) is 5.35. The summed E-state index contributed by atoms with van der Waals surface area (Å²) in [5.74, 6) is -2.29. The fourth-order valence-corrected chi connectivity index (χ4v) is 2.88. The van der Waals surface area contributed by atoms with E-state index in [1.807, 2.05) is 0 Å². The second-order valence-corrected chi connectivity index (χ2v) is 5.51. The van der Waals surface area contributed by atoms with E-state index in [0.717, 1.165) is 25.3 Å². The van der Waals surface area contributed by atoms with Gasteiger partial charge in [-0.2, -0.15) is 0 Å². The first-order valence-electron chi connectivity index (χ1n) is 7.40. The minimum Gasteiger partial charge on any atom is -0.496 e. The number of hydrogen-bond acceptors (Lipinski definition) is 3. The van der Waals surface area contributed by atoms with Crippen molar-refractivity contribution in [1.29, 1.82) is 0 Å². The predicted molar refractivity (Wildman–Crippen MR) is 78.4 cm³/mol. The number of carbonyl (C=O) groups is 2. The average Bonchev–Trinajstić information content (AvgIpc) is 2.72. The van der Waals surface area contributed by atoms with Crippen LogP contribution in [0.3, 0.4) is 0 Å². The number of amides is 1. The van der Waals surface area contributed by atoms with Crippen LogP contribution in [-0.2, 0) is 4.79 Å². The van der Waals surface area contributed by atoms with Crippen LogP contribution in [0.1, 0.15) is 42.5 Å². The van der Waals surface area contributed by atoms with Gasteiger partial charge in [-0.25, -0.2) is 4.39 Å². The Bertz CT molecular complexity index is 561. The van der Waals surface area contributed by atoms with Gasteiger partial charge in [0.15, 0.2) is 0 Å². The molecule has 0 heterocycles. The van der Waals surface area contributed by atoms with E-state index in [1.165, 1.54) is 19.2 Å². The van der Waals surface area contributed by atoms with Gasteiger partial charge < -0.3 is 15.2 Å². The lowest BCUT2D eigenvalue weighted by Crippen LogP contribution is -2.43. The van der Waals surface area contributed by atoms with Gasteiger partial charge in [0.25, 0.3) is 5.91 Å². The highest BCUT2D eigenvalue weighted by Crippen LogP contribution is 2.25. The smallest absolute Gasteiger partial charge is 0.308 e. The van der Waals surface area contributed by atoms with Crippen LogP contribution in [0, 0.1) is 11.7 Å². The second-order valence-electron chi connectivity index (χ2n) is 5.51. The summed E-state index contributed by atoms with van der Waals surface area (Å²) in [5.41, 5.74) is 0.0795. The molecule has 1 aliphatic rings. The number of carboxylic acids is 1. The van der Waals surface area contributed by atoms with Crippen molar-refractivity contribution >= 4 is 11.9 Å². The molecule has 1 saturated carbocycles. The first-order valence-corrected chi connectivity index (χ1v) is 7.40. The number of halogens is 1. The van der Waals surface area contributed by atoms with E-state index < -0.39 is 29.7 Å². The number of methoxy groups -OCH3 is 1. The van der Waals surface area contributed by atoms with Crippen LogP contribution in [0.25, 0.3) is 0 Å². The average molecular weight is 309 g/mol. The number of rotatable bonds is 4. The minimum atomic E-state index is -0.904. The van der Waals surface area contributed by atoms with Gasteiger partial charge in [-0.05, 0) is 31.0 Å². The summed E-state index contributed by atoms with van der Waals surface area (Å²) in [6, 6.07) is 3.24. The standard InChI is InChI=1S/C16H20FNO4/c1-22-14-8-7-10(17)9-12(14)15(19)18-13-6-4-2-3-5-11(13)16(20)21/h7-9,11,13H,2-6H2,1H3,(H,18,19)(H,20,21)/t11-,13+/m1/s1. The van der Waals surface area contributed by atoms with Gasteiger partial charge in [-0.1, -0.05) is 19.3 Å². The van der Waals surface area contributed by atoms with Gasteiger partial charge in [0.05, 0.1) is 18.6 Å². The van der Waals surface area contributed by atoms with Crippen molar-refractivity contribution in [3.63, 3.8) is 0 Å². The highest BCUT2D eigenvalue weighted by atomic mass is 19.1. The van der Waals surface area contributed by atoms with E-state index >= 15 is 0 Å². The number of nitrogens with one attached hydrogen (secondary N) is 1. The maximum absolute atomic E-state index is 13.4. The highest BCUT2D eigenvalue weighted by Gasteiger charge is 2.31. The van der Waals surface area contributed by atoms with Crippen LogP contribution in [0.15, 0.2) is 18.2 Å². The zero-order valence-corrected chi connectivity index (χ0v) is 12.5. The molecule has 2 rings (SSSR count). The maximum Gasteiger partial charge on any atom is 0.308 e. The Labute approximate surface area is 128 Å². The number of carbonyl (C=O) groups excluding carboxylic acids is 1. The Balaban J connectivity index is 2.19. The van der Waals surface area contributed by atoms with Crippen molar-refractivity contribution in [2.75, 3.05) is 7.11 Å². The Morgan fingerprint density at radius 2 is 2.00 bits per heavy atom. The lowest BCUT2D eigenvalue weighted by Gasteiger charge is -2.23. The molecule has 6 heteroatoms. The zero-order valence-electron chi connectivity index (χ0n) is 12.5. The predicted octanol–water partition coefficient (Wildman–Crippen LogP) is 2.60. The molecule has 1 aromatic rings. The quantitative estimate of drug-likeness (QED) is 0.838. The molecule has 0 aliphatic heterocycles. The Morgan fingerprint density at radius 1 is 1.27 bits per heavy atom. The van der Waals surface area contributed by atoms with E-state index in [0.29, 0.717) is 12.8 Å². The lowest BCUT2D eigenvalue weighted by atomic mass is 9.94. The number of aliphatic carboxylic acids is 1. The van der Waals surface area contributed by atoms with Crippen molar-refractivity contribution < 1.29 is 23.8 Å². The molecule has 22 heavy (non-hydrogen) atoms. The Hall–Kier alpha value is -2.11. The van der Waals surface area contributed by atoms with Gasteiger partial charge in [-0.15, -0.1) is 0 Å². The molecule has 0 aromatic heterocycles. The fourth-order valence-electron chi connectivity index (χ4n) is 2.88. The summed E-state index contributed by atoms with van der Waals surface area (Å²) >= 11 is 0. The molecule has 0 radical (unpaired) electrons. The molecule has 120 valence electrons. The van der Waals surface area contributed by atoms with E-state index in [1.54, 1.807) is 0 Å². The molecule has 0 bridgehead atoms. The van der Waals surface area contributed by atoms with Gasteiger partial charge in [0, 0.05) is 6.04 Å². The topological polar surface area (TPSA) is 75.6 Å². The van der Waals surface area contributed by atoms with Crippen LogP contribution in [0.2, 0.25) is 0 Å². The third-order valence-corrected chi connectivity index (χ3v) is 4.06. The van der Waals surface area contributed by atoms with Gasteiger partial charge in [0.1, 0.15) is 11.6 Å². The first-order chi connectivity index (χ1) is 10.5. The van der Waals surface area contributed by atoms with Crippen molar-refractivity contribution in [2.24, 2.45) is 5.92 Å². The van der Waals surface area contributed by atoms with Crippen molar-refractivity contribution in [3.05, 3.63) is 29.6 Å². The second kappa shape index (κ2) is 7.24. The molecule has 1 amide bonds. The summed E-state index contributed by atoms with van der Waals surface area (Å²) in [6.45, 7) is 0. The van der Waals surface area contributed by atoms with Gasteiger partial charge >= 0.3 is 5.97 Å². The van der Waals surface area contributed by atoms with E-state index in [2.05, 4.69) is 5.32 Å². The van der Waals surface area contributed by atoms with Crippen LogP contribution in [-0.4, -0.2) is 30.1 Å². The monoisotopic (exact) mass is 309 g/mol. The van der Waals surface area contributed by atoms with Gasteiger partial charge in [-0.3, -0.25) is 9.59 Å². The molecular formula is C16H20FNO4. The van der Waals surface area contributed by atoms with Crippen molar-refractivity contribution in [2.45, 2.75) is 38.1 Å². The van der Waals surface area contributed by atoms with E-state index in [9.17, 15) is 19.1 Å². The third kappa shape index (κ3) is 3.75. The number of benzene rings is 1. The molecule has 2 atom stereocenters. The number of ether oxygens (including phenoxy) is 1. The summed E-state index contributed by atoms with van der Waals surface area (Å²) < 4.78 is 18.4. The normalized spacial score (nSPS) is 21.7. The largest absolute Gasteiger partial charge is 0.496 e. The molecule has 2 N–H and O–H groups in total. The summed E-state index contributed by atoms with van der Waals surface area (Å²) in [6.07, 6.45) is 3.82. The summed E-state index contributed by atoms with van der Waals surface area (Å²) in [4.78, 5) is 23.8.